The molecule has 1 N–H and O–H groups in total. The minimum atomic E-state index is -0.539. The van der Waals surface area contributed by atoms with Crippen LogP contribution in [0.5, 0.6) is 11.5 Å². The second-order valence-electron chi connectivity index (χ2n) is 11.8. The van der Waals surface area contributed by atoms with Gasteiger partial charge in [0.1, 0.15) is 34.5 Å². The lowest BCUT2D eigenvalue weighted by Gasteiger charge is -2.40. The largest absolute Gasteiger partial charge is 0.457 e. The van der Waals surface area contributed by atoms with Gasteiger partial charge in [-0.1, -0.05) is 0 Å². The molecule has 3 aromatic heterocycles. The summed E-state index contributed by atoms with van der Waals surface area (Å²) in [4.78, 5) is 39.1. The maximum Gasteiger partial charge on any atom is 0.410 e. The summed E-state index contributed by atoms with van der Waals surface area (Å²) in [6.45, 7) is 11.3. The van der Waals surface area contributed by atoms with E-state index in [4.69, 9.17) is 14.5 Å². The topological polar surface area (TPSA) is 123 Å². The van der Waals surface area contributed by atoms with Crippen molar-refractivity contribution in [2.24, 2.45) is 7.05 Å². The number of aromatic nitrogens is 6. The van der Waals surface area contributed by atoms with E-state index in [1.807, 2.05) is 82.6 Å². The Balaban J connectivity index is 1.19. The Morgan fingerprint density at radius 3 is 2.63 bits per heavy atom. The van der Waals surface area contributed by atoms with Gasteiger partial charge < -0.3 is 29.2 Å². The molecule has 5 aromatic rings. The van der Waals surface area contributed by atoms with Crippen molar-refractivity contribution < 1.29 is 14.3 Å². The third-order valence-electron chi connectivity index (χ3n) is 7.26. The van der Waals surface area contributed by atoms with E-state index >= 15 is 0 Å². The Kier molecular flexibility index (Phi) is 7.20. The van der Waals surface area contributed by atoms with Gasteiger partial charge in [-0.25, -0.2) is 29.7 Å². The Morgan fingerprint density at radius 2 is 1.86 bits per heavy atom. The van der Waals surface area contributed by atoms with Gasteiger partial charge in [0.25, 0.3) is 0 Å². The quantitative estimate of drug-likeness (QED) is 0.281. The number of carbonyl (C=O) groups is 1. The maximum absolute atomic E-state index is 12.6. The van der Waals surface area contributed by atoms with Crippen molar-refractivity contribution in [1.82, 2.24) is 34.4 Å². The fourth-order valence-electron chi connectivity index (χ4n) is 5.11. The summed E-state index contributed by atoms with van der Waals surface area (Å²) in [5.74, 6) is 2.61. The molecule has 0 aliphatic carbocycles. The second-order valence-corrected chi connectivity index (χ2v) is 11.8. The zero-order chi connectivity index (χ0) is 30.3. The number of rotatable bonds is 5. The highest BCUT2D eigenvalue weighted by Crippen LogP contribution is 2.31. The molecule has 0 spiro atoms. The molecule has 1 fully saturated rings. The van der Waals surface area contributed by atoms with Crippen molar-refractivity contribution in [2.75, 3.05) is 29.9 Å². The molecule has 0 unspecified atom stereocenters. The number of nitrogens with one attached hydrogen (secondary N) is 1. The lowest BCUT2D eigenvalue weighted by Crippen LogP contribution is -2.55. The zero-order valence-corrected chi connectivity index (χ0v) is 25.2. The van der Waals surface area contributed by atoms with Crippen LogP contribution in [0.25, 0.3) is 22.1 Å². The SMILES string of the molecule is Cc1cc(Nc2ncnc3cnc(N4CCN(C(=O)OC(C)(C)C)C[C@@H]4C)nc23)ccc1Oc1ccc2c(c1)ncn2C. The van der Waals surface area contributed by atoms with E-state index in [0.717, 1.165) is 33.8 Å². The number of imidazole rings is 1. The molecule has 1 amide bonds. The number of nitrogens with zero attached hydrogens (tertiary/aromatic N) is 8. The average Bonchev–Trinajstić information content (AvgIpc) is 3.33. The summed E-state index contributed by atoms with van der Waals surface area (Å²) >= 11 is 0. The molecule has 0 radical (unpaired) electrons. The molecule has 0 saturated carbocycles. The van der Waals surface area contributed by atoms with E-state index in [1.165, 1.54) is 6.33 Å². The summed E-state index contributed by atoms with van der Waals surface area (Å²) in [7, 11) is 1.97. The number of amides is 1. The first-order valence-corrected chi connectivity index (χ1v) is 14.2. The fraction of sp³-hybridized carbons (Fsp3) is 0.355. The third kappa shape index (κ3) is 5.99. The van der Waals surface area contributed by atoms with Crippen LogP contribution >= 0.6 is 0 Å². The van der Waals surface area contributed by atoms with Gasteiger partial charge in [-0.15, -0.1) is 0 Å². The Bertz CT molecular complexity index is 1810. The van der Waals surface area contributed by atoms with Gasteiger partial charge in [0, 0.05) is 44.5 Å². The van der Waals surface area contributed by atoms with E-state index in [9.17, 15) is 4.79 Å². The number of ether oxygens (including phenoxy) is 2. The van der Waals surface area contributed by atoms with E-state index in [0.29, 0.717) is 42.4 Å². The van der Waals surface area contributed by atoms with Crippen molar-refractivity contribution in [3.8, 4) is 11.5 Å². The van der Waals surface area contributed by atoms with E-state index in [2.05, 4.69) is 30.2 Å². The molecular formula is C31H35N9O3. The van der Waals surface area contributed by atoms with Crippen molar-refractivity contribution in [2.45, 2.75) is 46.3 Å². The minimum absolute atomic E-state index is 0.00617. The molecule has 6 rings (SSSR count). The van der Waals surface area contributed by atoms with Crippen LogP contribution < -0.4 is 15.0 Å². The number of fused-ring (bicyclic) bond motifs is 2. The lowest BCUT2D eigenvalue weighted by atomic mass is 10.2. The van der Waals surface area contributed by atoms with Gasteiger partial charge in [-0.2, -0.15) is 0 Å². The average molecular weight is 582 g/mol. The molecule has 4 heterocycles. The number of piperazine rings is 1. The highest BCUT2D eigenvalue weighted by molar-refractivity contribution is 5.87. The number of anilines is 3. The summed E-state index contributed by atoms with van der Waals surface area (Å²) in [6.07, 6.45) is 4.68. The van der Waals surface area contributed by atoms with Crippen molar-refractivity contribution in [1.29, 1.82) is 0 Å². The maximum atomic E-state index is 12.6. The zero-order valence-electron chi connectivity index (χ0n) is 25.2. The molecule has 1 aliphatic rings. The first-order chi connectivity index (χ1) is 20.5. The molecule has 1 saturated heterocycles. The smallest absolute Gasteiger partial charge is 0.410 e. The highest BCUT2D eigenvalue weighted by atomic mass is 16.6. The molecule has 1 atom stereocenters. The molecule has 2 aromatic carbocycles. The second kappa shape index (κ2) is 11.0. The van der Waals surface area contributed by atoms with Crippen LogP contribution in [0.4, 0.5) is 22.2 Å². The van der Waals surface area contributed by atoms with Gasteiger partial charge in [0.05, 0.1) is 23.6 Å². The normalized spacial score (nSPS) is 15.6. The first kappa shape index (κ1) is 28.1. The van der Waals surface area contributed by atoms with Crippen LogP contribution in [0, 0.1) is 6.92 Å². The van der Waals surface area contributed by atoms with E-state index < -0.39 is 5.60 Å². The molecular weight excluding hydrogens is 546 g/mol. The van der Waals surface area contributed by atoms with Crippen molar-refractivity contribution in [3.05, 3.63) is 60.8 Å². The number of aryl methyl sites for hydroxylation is 2. The first-order valence-electron chi connectivity index (χ1n) is 14.2. The molecule has 1 aliphatic heterocycles. The summed E-state index contributed by atoms with van der Waals surface area (Å²) in [6, 6.07) is 11.7. The minimum Gasteiger partial charge on any atom is -0.457 e. The monoisotopic (exact) mass is 581 g/mol. The number of carbonyl (C=O) groups excluding carboxylic acids is 1. The van der Waals surface area contributed by atoms with Crippen LogP contribution in [-0.2, 0) is 11.8 Å². The summed E-state index contributed by atoms with van der Waals surface area (Å²) < 4.78 is 13.7. The van der Waals surface area contributed by atoms with E-state index in [-0.39, 0.29) is 12.1 Å². The van der Waals surface area contributed by atoms with Gasteiger partial charge >= 0.3 is 6.09 Å². The van der Waals surface area contributed by atoms with Crippen LogP contribution in [0.3, 0.4) is 0 Å². The Morgan fingerprint density at radius 1 is 1.02 bits per heavy atom. The lowest BCUT2D eigenvalue weighted by molar-refractivity contribution is 0.0218. The number of hydrogen-bond acceptors (Lipinski definition) is 10. The molecule has 12 nitrogen and oxygen atoms in total. The van der Waals surface area contributed by atoms with Crippen molar-refractivity contribution in [3.63, 3.8) is 0 Å². The standard InChI is InChI=1S/C31H35N9O3/c1-19-13-21(7-10-26(19)42-22-8-9-25-23(14-22)35-18-38(25)6)36-28-27-24(33-17-34-28)15-32-29(37-27)40-12-11-39(16-20(40)2)30(41)43-31(3,4)5/h7-10,13-15,17-18,20H,11-12,16H2,1-6H3,(H,33,34,36)/t20-/m0/s1. The summed E-state index contributed by atoms with van der Waals surface area (Å²) in [5, 5.41) is 3.39. The molecule has 222 valence electrons. The van der Waals surface area contributed by atoms with E-state index in [1.54, 1.807) is 17.4 Å². The van der Waals surface area contributed by atoms with Crippen LogP contribution in [0.2, 0.25) is 0 Å². The predicted octanol–water partition coefficient (Wildman–Crippen LogP) is 5.60. The Hall–Kier alpha value is -5.00. The van der Waals surface area contributed by atoms with Crippen LogP contribution in [0.15, 0.2) is 55.2 Å². The number of benzene rings is 2. The fourth-order valence-corrected chi connectivity index (χ4v) is 5.11. The van der Waals surface area contributed by atoms with Gasteiger partial charge in [0.15, 0.2) is 5.82 Å². The van der Waals surface area contributed by atoms with Crippen LogP contribution in [0.1, 0.15) is 33.3 Å². The number of hydrogen-bond donors (Lipinski definition) is 1. The summed E-state index contributed by atoms with van der Waals surface area (Å²) in [5.41, 5.74) is 4.42. The van der Waals surface area contributed by atoms with Crippen LogP contribution in [-0.4, -0.2) is 71.8 Å². The van der Waals surface area contributed by atoms with Gasteiger partial charge in [-0.05, 0) is 70.5 Å². The molecule has 12 heteroatoms. The Labute approximate surface area is 249 Å². The highest BCUT2D eigenvalue weighted by Gasteiger charge is 2.31. The van der Waals surface area contributed by atoms with Crippen molar-refractivity contribution >= 4 is 45.6 Å². The molecule has 43 heavy (non-hydrogen) atoms. The third-order valence-corrected chi connectivity index (χ3v) is 7.26. The van der Waals surface area contributed by atoms with Gasteiger partial charge in [-0.3, -0.25) is 0 Å². The molecule has 0 bridgehead atoms. The van der Waals surface area contributed by atoms with Gasteiger partial charge in [0.2, 0.25) is 5.95 Å². The predicted molar refractivity (Wildman–Crippen MR) is 165 cm³/mol.